The number of hydrogen-bond acceptors (Lipinski definition) is 5. The van der Waals surface area contributed by atoms with Crippen LogP contribution in [0.4, 0.5) is 0 Å². The lowest BCUT2D eigenvalue weighted by molar-refractivity contribution is -0.870. The second kappa shape index (κ2) is 46.6. The number of phosphoric ester groups is 1. The molecule has 64 heavy (non-hydrogen) atoms. The zero-order valence-electron chi connectivity index (χ0n) is 42.8. The molecule has 0 aromatic rings. The van der Waals surface area contributed by atoms with Gasteiger partial charge in [-0.05, 0) is 64.2 Å². The van der Waals surface area contributed by atoms with Gasteiger partial charge in [0.15, 0.2) is 0 Å². The van der Waals surface area contributed by atoms with E-state index in [2.05, 4.69) is 55.6 Å². The third kappa shape index (κ3) is 48.4. The van der Waals surface area contributed by atoms with Crippen molar-refractivity contribution in [1.82, 2.24) is 5.32 Å². The maximum atomic E-state index is 12.9. The molecule has 9 heteroatoms. The van der Waals surface area contributed by atoms with Crippen LogP contribution >= 0.6 is 7.82 Å². The Balaban J connectivity index is 3.95. The van der Waals surface area contributed by atoms with Crippen LogP contribution in [0.2, 0.25) is 0 Å². The zero-order chi connectivity index (χ0) is 47.1. The molecule has 376 valence electrons. The van der Waals surface area contributed by atoms with Gasteiger partial charge < -0.3 is 19.8 Å². The van der Waals surface area contributed by atoms with E-state index in [0.717, 1.165) is 44.9 Å². The molecule has 0 fully saturated rings. The number of aliphatic hydroxyl groups excluding tert-OH is 1. The van der Waals surface area contributed by atoms with E-state index in [0.29, 0.717) is 17.4 Å². The predicted molar refractivity (Wildman–Crippen MR) is 277 cm³/mol. The standard InChI is InChI=1S/C55H105N2O6P/c1-6-8-10-12-14-16-17-18-19-20-21-22-23-24-25-26-27-28-29-30-31-32-33-34-35-36-37-38-39-41-43-45-47-49-55(59)56-53(52-63-64(60,61)62-51-50-57(3,4)5)54(58)48-46-44-42-40-15-13-11-9-7-2/h15,21-22,24-25,40,46,48,53-54,58H,6-14,16-20,23,26-39,41-45,47,49-52H2,1-5H3,(H-,56,59,60,61)/p+1/b22-21-,25-24-,40-15+,48-46+. The highest BCUT2D eigenvalue weighted by Gasteiger charge is 2.27. The van der Waals surface area contributed by atoms with E-state index in [9.17, 15) is 19.4 Å². The molecule has 0 aromatic carbocycles. The first-order valence-corrected chi connectivity index (χ1v) is 28.5. The van der Waals surface area contributed by atoms with Gasteiger partial charge in [-0.3, -0.25) is 13.8 Å². The van der Waals surface area contributed by atoms with E-state index >= 15 is 0 Å². The minimum Gasteiger partial charge on any atom is -0.387 e. The van der Waals surface area contributed by atoms with Gasteiger partial charge in [-0.1, -0.05) is 223 Å². The summed E-state index contributed by atoms with van der Waals surface area (Å²) in [4.78, 5) is 23.1. The lowest BCUT2D eigenvalue weighted by Gasteiger charge is -2.25. The van der Waals surface area contributed by atoms with Gasteiger partial charge in [-0.15, -0.1) is 0 Å². The van der Waals surface area contributed by atoms with Gasteiger partial charge >= 0.3 is 7.82 Å². The van der Waals surface area contributed by atoms with Crippen molar-refractivity contribution in [2.24, 2.45) is 0 Å². The van der Waals surface area contributed by atoms with Gasteiger partial charge in [-0.25, -0.2) is 4.57 Å². The first kappa shape index (κ1) is 62.5. The third-order valence-corrected chi connectivity index (χ3v) is 13.0. The number of likely N-dealkylation sites (N-methyl/N-ethyl adjacent to an activating group) is 1. The van der Waals surface area contributed by atoms with E-state index in [1.807, 2.05) is 27.2 Å². The summed E-state index contributed by atoms with van der Waals surface area (Å²) >= 11 is 0. The molecule has 3 unspecified atom stereocenters. The van der Waals surface area contributed by atoms with Gasteiger partial charge in [0.2, 0.25) is 5.91 Å². The Morgan fingerprint density at radius 3 is 1.38 bits per heavy atom. The Kier molecular flexibility index (Phi) is 45.4. The van der Waals surface area contributed by atoms with E-state index < -0.39 is 20.0 Å². The summed E-state index contributed by atoms with van der Waals surface area (Å²) in [5.41, 5.74) is 0. The van der Waals surface area contributed by atoms with Crippen LogP contribution in [0.3, 0.4) is 0 Å². The average Bonchev–Trinajstić information content (AvgIpc) is 3.25. The van der Waals surface area contributed by atoms with Crippen LogP contribution < -0.4 is 5.32 Å². The lowest BCUT2D eigenvalue weighted by atomic mass is 10.0. The SMILES string of the molecule is CCCCC/C=C/CC/C=C/C(O)C(COP(=O)(O)OCC[N+](C)(C)C)NC(=O)CCCCCCCCCCCCCCCCCCC/C=C\C/C=C\CCCCCCCCCCC. The van der Waals surface area contributed by atoms with Crippen molar-refractivity contribution in [3.8, 4) is 0 Å². The van der Waals surface area contributed by atoms with Crippen LogP contribution in [0.5, 0.6) is 0 Å². The molecule has 0 bridgehead atoms. The first-order chi connectivity index (χ1) is 31.0. The molecule has 0 saturated carbocycles. The summed E-state index contributed by atoms with van der Waals surface area (Å²) < 4.78 is 23.5. The van der Waals surface area contributed by atoms with Gasteiger partial charge in [0.25, 0.3) is 0 Å². The van der Waals surface area contributed by atoms with Crippen LogP contribution in [-0.4, -0.2) is 73.4 Å². The quantitative estimate of drug-likeness (QED) is 0.0243. The van der Waals surface area contributed by atoms with Crippen molar-refractivity contribution < 1.29 is 32.9 Å². The molecule has 0 saturated heterocycles. The third-order valence-electron chi connectivity index (χ3n) is 12.0. The number of amides is 1. The molecule has 8 nitrogen and oxygen atoms in total. The first-order valence-electron chi connectivity index (χ1n) is 27.0. The number of unbranched alkanes of at least 4 members (excludes halogenated alkanes) is 30. The topological polar surface area (TPSA) is 105 Å². The van der Waals surface area contributed by atoms with Crippen LogP contribution in [0, 0.1) is 0 Å². The Morgan fingerprint density at radius 1 is 0.531 bits per heavy atom. The Labute approximate surface area is 397 Å². The molecule has 3 atom stereocenters. The number of nitrogens with one attached hydrogen (secondary N) is 1. The number of carbonyl (C=O) groups excluding carboxylic acids is 1. The maximum Gasteiger partial charge on any atom is 0.472 e. The Hall–Kier alpha value is -1.54. The van der Waals surface area contributed by atoms with E-state index in [-0.39, 0.29) is 19.1 Å². The van der Waals surface area contributed by atoms with Crippen molar-refractivity contribution in [2.45, 2.75) is 257 Å². The molecule has 0 radical (unpaired) electrons. The summed E-state index contributed by atoms with van der Waals surface area (Å²) in [5.74, 6) is -0.189. The number of phosphoric acid groups is 1. The molecule has 0 aliphatic heterocycles. The molecular formula is C55H106N2O6P+. The summed E-state index contributed by atoms with van der Waals surface area (Å²) in [6.07, 6.45) is 61.0. The van der Waals surface area contributed by atoms with E-state index in [1.165, 1.54) is 180 Å². The number of carbonyl (C=O) groups is 1. The number of rotatable bonds is 49. The highest BCUT2D eigenvalue weighted by molar-refractivity contribution is 7.47. The fraction of sp³-hybridized carbons (Fsp3) is 0.836. The number of hydrogen-bond donors (Lipinski definition) is 3. The monoisotopic (exact) mass is 922 g/mol. The van der Waals surface area contributed by atoms with Crippen molar-refractivity contribution in [3.63, 3.8) is 0 Å². The van der Waals surface area contributed by atoms with E-state index in [1.54, 1.807) is 6.08 Å². The molecule has 0 spiro atoms. The Bertz CT molecular complexity index is 1180. The van der Waals surface area contributed by atoms with Crippen LogP contribution in [0.15, 0.2) is 48.6 Å². The zero-order valence-corrected chi connectivity index (χ0v) is 43.7. The molecule has 0 aliphatic carbocycles. The predicted octanol–water partition coefficient (Wildman–Crippen LogP) is 16.0. The highest BCUT2D eigenvalue weighted by atomic mass is 31.2. The minimum atomic E-state index is -4.34. The van der Waals surface area contributed by atoms with Gasteiger partial charge in [0, 0.05) is 6.42 Å². The summed E-state index contributed by atoms with van der Waals surface area (Å²) in [6, 6.07) is -0.861. The molecular weight excluding hydrogens is 816 g/mol. The smallest absolute Gasteiger partial charge is 0.387 e. The molecule has 0 aromatic heterocycles. The number of nitrogens with zero attached hydrogens (tertiary/aromatic N) is 1. The van der Waals surface area contributed by atoms with E-state index in [4.69, 9.17) is 9.05 Å². The van der Waals surface area contributed by atoms with Crippen molar-refractivity contribution in [2.75, 3.05) is 40.9 Å². The highest BCUT2D eigenvalue weighted by Crippen LogP contribution is 2.43. The number of quaternary nitrogens is 1. The lowest BCUT2D eigenvalue weighted by Crippen LogP contribution is -2.45. The largest absolute Gasteiger partial charge is 0.472 e. The summed E-state index contributed by atoms with van der Waals surface area (Å²) in [6.45, 7) is 4.75. The van der Waals surface area contributed by atoms with Crippen LogP contribution in [0.1, 0.15) is 245 Å². The average molecular weight is 922 g/mol. The van der Waals surface area contributed by atoms with Gasteiger partial charge in [0.05, 0.1) is 39.9 Å². The minimum absolute atomic E-state index is 0.0557. The van der Waals surface area contributed by atoms with Gasteiger partial charge in [0.1, 0.15) is 13.2 Å². The molecule has 1 amide bonds. The number of allylic oxidation sites excluding steroid dienone is 7. The second-order valence-electron chi connectivity index (χ2n) is 19.6. The maximum absolute atomic E-state index is 12.9. The summed E-state index contributed by atoms with van der Waals surface area (Å²) in [5, 5.41) is 13.8. The fourth-order valence-electron chi connectivity index (χ4n) is 7.74. The second-order valence-corrected chi connectivity index (χ2v) is 21.0. The van der Waals surface area contributed by atoms with Crippen LogP contribution in [-0.2, 0) is 18.4 Å². The molecule has 0 aliphatic rings. The van der Waals surface area contributed by atoms with Gasteiger partial charge in [-0.2, -0.15) is 0 Å². The molecule has 3 N–H and O–H groups in total. The number of aliphatic hydroxyl groups is 1. The molecule has 0 rings (SSSR count). The normalized spacial score (nSPS) is 14.4. The van der Waals surface area contributed by atoms with Crippen molar-refractivity contribution in [1.29, 1.82) is 0 Å². The van der Waals surface area contributed by atoms with Crippen molar-refractivity contribution >= 4 is 13.7 Å². The summed E-state index contributed by atoms with van der Waals surface area (Å²) in [7, 11) is 1.55. The van der Waals surface area contributed by atoms with Crippen molar-refractivity contribution in [3.05, 3.63) is 48.6 Å². The fourth-order valence-corrected chi connectivity index (χ4v) is 8.47. The molecule has 0 heterocycles. The Morgan fingerprint density at radius 2 is 0.906 bits per heavy atom. The van der Waals surface area contributed by atoms with Crippen LogP contribution in [0.25, 0.3) is 0 Å².